The van der Waals surface area contributed by atoms with Gasteiger partial charge in [-0.2, -0.15) is 0 Å². The van der Waals surface area contributed by atoms with Crippen LogP contribution >= 0.6 is 23.2 Å². The predicted molar refractivity (Wildman–Crippen MR) is 165 cm³/mol. The number of carbonyl (C=O) groups excluding carboxylic acids is 1. The lowest BCUT2D eigenvalue weighted by atomic mass is 10.00. The summed E-state index contributed by atoms with van der Waals surface area (Å²) in [6.07, 6.45) is 4.60. The number of anilines is 2. The second kappa shape index (κ2) is 12.3. The topological polar surface area (TPSA) is 114 Å². The number of nitrogens with one attached hydrogen (secondary N) is 3. The summed E-state index contributed by atoms with van der Waals surface area (Å²) in [5.41, 5.74) is 5.89. The summed E-state index contributed by atoms with van der Waals surface area (Å²) in [6.45, 7) is 1.24. The lowest BCUT2D eigenvalue weighted by molar-refractivity contribution is -0.119. The van der Waals surface area contributed by atoms with Crippen LogP contribution in [0.4, 0.5) is 11.5 Å². The molecular formula is C31H27Cl2N7O2. The highest BCUT2D eigenvalue weighted by molar-refractivity contribution is 6.39. The van der Waals surface area contributed by atoms with Gasteiger partial charge < -0.3 is 20.7 Å². The van der Waals surface area contributed by atoms with Crippen LogP contribution in [0.25, 0.3) is 33.4 Å². The molecule has 1 atom stereocenters. The van der Waals surface area contributed by atoms with Gasteiger partial charge in [0.1, 0.15) is 11.8 Å². The fourth-order valence-electron chi connectivity index (χ4n) is 5.03. The predicted octanol–water partition coefficient (Wildman–Crippen LogP) is 6.18. The monoisotopic (exact) mass is 599 g/mol. The highest BCUT2D eigenvalue weighted by Crippen LogP contribution is 2.42. The molecule has 4 heterocycles. The Bertz CT molecular complexity index is 1780. The number of methoxy groups -OCH3 is 1. The maximum Gasteiger partial charge on any atom is 0.220 e. The fraction of sp³-hybridized carbons (Fsp3) is 0.194. The van der Waals surface area contributed by atoms with E-state index in [9.17, 15) is 4.79 Å². The van der Waals surface area contributed by atoms with E-state index in [-0.39, 0.29) is 11.9 Å². The number of amides is 1. The van der Waals surface area contributed by atoms with Crippen molar-refractivity contribution in [2.45, 2.75) is 25.4 Å². The van der Waals surface area contributed by atoms with Crippen molar-refractivity contribution < 1.29 is 9.53 Å². The van der Waals surface area contributed by atoms with E-state index in [1.165, 1.54) is 6.33 Å². The Morgan fingerprint density at radius 2 is 1.76 bits per heavy atom. The Hall–Kier alpha value is -4.31. The van der Waals surface area contributed by atoms with Crippen LogP contribution in [-0.4, -0.2) is 45.5 Å². The Labute approximate surface area is 252 Å². The molecule has 3 N–H and O–H groups in total. The van der Waals surface area contributed by atoms with Crippen molar-refractivity contribution in [2.24, 2.45) is 0 Å². The molecule has 1 aliphatic heterocycles. The highest BCUT2D eigenvalue weighted by atomic mass is 35.5. The molecule has 1 saturated heterocycles. The molecule has 0 bridgehead atoms. The van der Waals surface area contributed by atoms with Gasteiger partial charge in [0.15, 0.2) is 5.82 Å². The smallest absolute Gasteiger partial charge is 0.220 e. The summed E-state index contributed by atoms with van der Waals surface area (Å²) >= 11 is 13.9. The Kier molecular flexibility index (Phi) is 8.14. The van der Waals surface area contributed by atoms with E-state index in [0.29, 0.717) is 58.2 Å². The van der Waals surface area contributed by atoms with Crippen LogP contribution in [0, 0.1) is 0 Å². The number of fused-ring (bicyclic) bond motifs is 1. The lowest BCUT2D eigenvalue weighted by Crippen LogP contribution is -2.35. The van der Waals surface area contributed by atoms with Crippen molar-refractivity contribution in [2.75, 3.05) is 19.0 Å². The van der Waals surface area contributed by atoms with Crippen molar-refractivity contribution in [3.8, 4) is 28.3 Å². The molecule has 1 fully saturated rings. The van der Waals surface area contributed by atoms with Crippen LogP contribution in [-0.2, 0) is 11.3 Å². The number of nitrogens with zero attached hydrogens (tertiary/aromatic N) is 4. The first-order valence-electron chi connectivity index (χ1n) is 13.5. The number of hydrogen-bond acceptors (Lipinski definition) is 8. The molecule has 2 aromatic carbocycles. The summed E-state index contributed by atoms with van der Waals surface area (Å²) < 4.78 is 5.62. The highest BCUT2D eigenvalue weighted by Gasteiger charge is 2.21. The molecule has 1 unspecified atom stereocenters. The summed E-state index contributed by atoms with van der Waals surface area (Å²) in [5.74, 6) is 1.16. The number of ether oxygens (including phenoxy) is 1. The molecule has 5 aromatic rings. The third-order valence-electron chi connectivity index (χ3n) is 7.13. The van der Waals surface area contributed by atoms with Crippen LogP contribution in [0.15, 0.2) is 73.2 Å². The third-order valence-corrected chi connectivity index (χ3v) is 7.95. The minimum atomic E-state index is 0.102. The maximum absolute atomic E-state index is 11.5. The van der Waals surface area contributed by atoms with E-state index in [1.807, 2.05) is 60.7 Å². The van der Waals surface area contributed by atoms with Gasteiger partial charge in [-0.1, -0.05) is 59.6 Å². The van der Waals surface area contributed by atoms with Crippen LogP contribution in [0.3, 0.4) is 0 Å². The Morgan fingerprint density at radius 3 is 2.57 bits per heavy atom. The number of hydrogen-bond donors (Lipinski definition) is 3. The average molecular weight is 601 g/mol. The molecule has 6 rings (SSSR count). The first-order valence-corrected chi connectivity index (χ1v) is 14.2. The van der Waals surface area contributed by atoms with E-state index in [4.69, 9.17) is 32.9 Å². The first kappa shape index (κ1) is 27.8. The SMILES string of the molecule is COc1nc(-c2cccc(-c3cccc(Nc4ncnc5cccnc45)c3Cl)c2Cl)ccc1CNCC1CCC(=O)N1. The van der Waals surface area contributed by atoms with Gasteiger partial charge in [-0.15, -0.1) is 0 Å². The number of halogens is 2. The third kappa shape index (κ3) is 5.72. The largest absolute Gasteiger partial charge is 0.481 e. The normalized spacial score (nSPS) is 14.6. The lowest BCUT2D eigenvalue weighted by Gasteiger charge is -2.16. The Morgan fingerprint density at radius 1 is 0.952 bits per heavy atom. The molecule has 11 heteroatoms. The number of carbonyl (C=O) groups is 1. The second-order valence-corrected chi connectivity index (χ2v) is 10.6. The van der Waals surface area contributed by atoms with Gasteiger partial charge in [0.25, 0.3) is 0 Å². The molecule has 1 amide bonds. The van der Waals surface area contributed by atoms with Crippen molar-refractivity contribution in [3.05, 3.63) is 88.8 Å². The van der Waals surface area contributed by atoms with E-state index < -0.39 is 0 Å². The summed E-state index contributed by atoms with van der Waals surface area (Å²) in [4.78, 5) is 29.3. The summed E-state index contributed by atoms with van der Waals surface area (Å²) in [5, 5.41) is 10.7. The maximum atomic E-state index is 11.5. The molecule has 0 saturated carbocycles. The van der Waals surface area contributed by atoms with Gasteiger partial charge in [-0.05, 0) is 30.7 Å². The van der Waals surface area contributed by atoms with Gasteiger partial charge in [0.2, 0.25) is 11.8 Å². The van der Waals surface area contributed by atoms with E-state index in [0.717, 1.165) is 34.2 Å². The van der Waals surface area contributed by atoms with Gasteiger partial charge in [-0.25, -0.2) is 15.0 Å². The molecule has 42 heavy (non-hydrogen) atoms. The number of aromatic nitrogens is 4. The average Bonchev–Trinajstić information content (AvgIpc) is 3.43. The fourth-order valence-corrected chi connectivity index (χ4v) is 5.63. The zero-order valence-electron chi connectivity index (χ0n) is 22.7. The molecule has 1 aliphatic rings. The Balaban J connectivity index is 1.26. The zero-order valence-corrected chi connectivity index (χ0v) is 24.2. The summed E-state index contributed by atoms with van der Waals surface area (Å²) in [7, 11) is 1.60. The quantitative estimate of drug-likeness (QED) is 0.184. The molecule has 3 aromatic heterocycles. The molecule has 0 spiro atoms. The number of benzene rings is 2. The number of pyridine rings is 2. The minimum Gasteiger partial charge on any atom is -0.481 e. The second-order valence-electron chi connectivity index (χ2n) is 9.85. The van der Waals surface area contributed by atoms with Crippen molar-refractivity contribution >= 4 is 51.6 Å². The minimum absolute atomic E-state index is 0.102. The van der Waals surface area contributed by atoms with Crippen LogP contribution in [0.2, 0.25) is 10.0 Å². The first-order chi connectivity index (χ1) is 20.5. The van der Waals surface area contributed by atoms with E-state index >= 15 is 0 Å². The van der Waals surface area contributed by atoms with Crippen molar-refractivity contribution in [1.82, 2.24) is 30.6 Å². The molecule has 212 valence electrons. The van der Waals surface area contributed by atoms with Crippen molar-refractivity contribution in [1.29, 1.82) is 0 Å². The summed E-state index contributed by atoms with van der Waals surface area (Å²) in [6, 6.07) is 19.2. The van der Waals surface area contributed by atoms with Gasteiger partial charge in [0.05, 0.1) is 34.1 Å². The number of rotatable bonds is 9. The van der Waals surface area contributed by atoms with Crippen LogP contribution < -0.4 is 20.7 Å². The molecular weight excluding hydrogens is 573 g/mol. The molecule has 9 nitrogen and oxygen atoms in total. The van der Waals surface area contributed by atoms with Gasteiger partial charge in [0, 0.05) is 54.0 Å². The standard InChI is InChI=1S/C31H27Cl2N7O2/c1-42-31-18(15-34-16-19-11-13-26(41)38-19)10-12-23(40-31)22-7-2-5-20(27(22)32)21-6-3-8-24(28(21)33)39-30-29-25(36-17-37-30)9-4-14-35-29/h2-10,12,14,17,19,34H,11,13,15-16H2,1H3,(H,38,41)(H,36,37,39). The molecule has 0 aliphatic carbocycles. The van der Waals surface area contributed by atoms with Crippen molar-refractivity contribution in [3.63, 3.8) is 0 Å². The molecule has 0 radical (unpaired) electrons. The van der Waals surface area contributed by atoms with E-state index in [1.54, 1.807) is 13.3 Å². The van der Waals surface area contributed by atoms with E-state index in [2.05, 4.69) is 30.9 Å². The van der Waals surface area contributed by atoms with Crippen LogP contribution in [0.1, 0.15) is 18.4 Å². The van der Waals surface area contributed by atoms with Gasteiger partial charge >= 0.3 is 0 Å². The van der Waals surface area contributed by atoms with Gasteiger partial charge in [-0.3, -0.25) is 9.78 Å². The van der Waals surface area contributed by atoms with Crippen LogP contribution in [0.5, 0.6) is 5.88 Å². The zero-order chi connectivity index (χ0) is 29.1.